The van der Waals surface area contributed by atoms with Crippen LogP contribution in [0.25, 0.3) is 0 Å². The van der Waals surface area contributed by atoms with E-state index in [0.29, 0.717) is 11.8 Å². The van der Waals surface area contributed by atoms with E-state index in [0.717, 1.165) is 23.3 Å². The Morgan fingerprint density at radius 2 is 1.68 bits per heavy atom. The zero-order valence-electron chi connectivity index (χ0n) is 13.3. The number of rotatable bonds is 3. The molecule has 2 aromatic carbocycles. The lowest BCUT2D eigenvalue weighted by atomic mass is 10.1. The average molecular weight is 369 g/mol. The Kier molecular flexibility index (Phi) is 5.27. The molecule has 0 fully saturated rings. The minimum absolute atomic E-state index is 0.0497. The molecule has 0 unspecified atom stereocenters. The first-order valence-corrected chi connectivity index (χ1v) is 7.49. The van der Waals surface area contributed by atoms with E-state index in [9.17, 15) is 23.3 Å². The van der Waals surface area contributed by atoms with E-state index in [1.54, 1.807) is 6.07 Å². The SMILES string of the molecule is Cc1ccc(NC(=S)Nc2ccc([N+](=O)[O-])cc2C(F)(F)F)c(C)c1. The van der Waals surface area contributed by atoms with Crippen LogP contribution in [0.15, 0.2) is 36.4 Å². The maximum Gasteiger partial charge on any atom is 0.418 e. The van der Waals surface area contributed by atoms with Crippen LogP contribution in [0.3, 0.4) is 0 Å². The highest BCUT2D eigenvalue weighted by Gasteiger charge is 2.35. The van der Waals surface area contributed by atoms with Gasteiger partial charge in [-0.05, 0) is 43.8 Å². The lowest BCUT2D eigenvalue weighted by molar-refractivity contribution is -0.385. The highest BCUT2D eigenvalue weighted by atomic mass is 32.1. The molecule has 0 atom stereocenters. The minimum Gasteiger partial charge on any atom is -0.332 e. The third-order valence-corrected chi connectivity index (χ3v) is 3.60. The van der Waals surface area contributed by atoms with Crippen molar-refractivity contribution in [1.29, 1.82) is 0 Å². The smallest absolute Gasteiger partial charge is 0.332 e. The summed E-state index contributed by atoms with van der Waals surface area (Å²) in [7, 11) is 0. The second-order valence-electron chi connectivity index (χ2n) is 5.38. The summed E-state index contributed by atoms with van der Waals surface area (Å²) in [5.41, 5.74) is 0.400. The molecule has 5 nitrogen and oxygen atoms in total. The van der Waals surface area contributed by atoms with Crippen LogP contribution in [0, 0.1) is 24.0 Å². The Morgan fingerprint density at radius 3 is 2.24 bits per heavy atom. The molecule has 0 saturated carbocycles. The predicted molar refractivity (Wildman–Crippen MR) is 93.9 cm³/mol. The molecule has 0 aromatic heterocycles. The molecule has 2 N–H and O–H groups in total. The number of benzene rings is 2. The highest BCUT2D eigenvalue weighted by Crippen LogP contribution is 2.37. The van der Waals surface area contributed by atoms with Crippen molar-refractivity contribution in [2.24, 2.45) is 0 Å². The summed E-state index contributed by atoms with van der Waals surface area (Å²) in [5.74, 6) is 0. The predicted octanol–water partition coefficient (Wildman–Crippen LogP) is 5.04. The molecular weight excluding hydrogens is 355 g/mol. The van der Waals surface area contributed by atoms with Crippen molar-refractivity contribution in [3.63, 3.8) is 0 Å². The standard InChI is InChI=1S/C16H14F3N3O2S/c1-9-3-5-13(10(2)7-9)20-15(25)21-14-6-4-11(22(23)24)8-12(14)16(17,18)19/h3-8H,1-2H3,(H2,20,21,25). The Balaban J connectivity index is 2.26. The molecule has 0 aliphatic rings. The highest BCUT2D eigenvalue weighted by molar-refractivity contribution is 7.80. The topological polar surface area (TPSA) is 67.2 Å². The van der Waals surface area contributed by atoms with Gasteiger partial charge in [-0.2, -0.15) is 13.2 Å². The molecule has 0 radical (unpaired) electrons. The summed E-state index contributed by atoms with van der Waals surface area (Å²) in [6.45, 7) is 3.75. The fraction of sp³-hybridized carbons (Fsp3) is 0.188. The quantitative estimate of drug-likeness (QED) is 0.451. The second-order valence-corrected chi connectivity index (χ2v) is 5.79. The first kappa shape index (κ1) is 18.7. The number of hydrogen-bond donors (Lipinski definition) is 2. The molecule has 25 heavy (non-hydrogen) atoms. The largest absolute Gasteiger partial charge is 0.418 e. The molecule has 0 spiro atoms. The molecule has 0 aliphatic carbocycles. The lowest BCUT2D eigenvalue weighted by Crippen LogP contribution is -2.22. The second kappa shape index (κ2) is 7.06. The maximum absolute atomic E-state index is 13.2. The van der Waals surface area contributed by atoms with E-state index in [4.69, 9.17) is 12.2 Å². The third-order valence-electron chi connectivity index (χ3n) is 3.40. The van der Waals surface area contributed by atoms with Crippen molar-refractivity contribution in [3.05, 3.63) is 63.2 Å². The van der Waals surface area contributed by atoms with Gasteiger partial charge in [0.25, 0.3) is 5.69 Å². The fourth-order valence-corrected chi connectivity index (χ4v) is 2.44. The summed E-state index contributed by atoms with van der Waals surface area (Å²) in [4.78, 5) is 9.82. The summed E-state index contributed by atoms with van der Waals surface area (Å²) >= 11 is 5.05. The van der Waals surface area contributed by atoms with Gasteiger partial charge in [0.2, 0.25) is 0 Å². The van der Waals surface area contributed by atoms with E-state index in [2.05, 4.69) is 10.6 Å². The van der Waals surface area contributed by atoms with Gasteiger partial charge in [0.15, 0.2) is 5.11 Å². The number of hydrogen-bond acceptors (Lipinski definition) is 3. The summed E-state index contributed by atoms with van der Waals surface area (Å²) in [5, 5.41) is 15.9. The molecule has 0 heterocycles. The number of anilines is 2. The Bertz CT molecular complexity index is 838. The summed E-state index contributed by atoms with van der Waals surface area (Å²) in [6, 6.07) is 7.94. The van der Waals surface area contributed by atoms with Gasteiger partial charge in [-0.3, -0.25) is 10.1 Å². The van der Waals surface area contributed by atoms with Crippen LogP contribution in [-0.2, 0) is 6.18 Å². The summed E-state index contributed by atoms with van der Waals surface area (Å²) in [6.07, 6.45) is -4.76. The molecule has 2 aromatic rings. The molecule has 0 saturated heterocycles. The van der Waals surface area contributed by atoms with Crippen molar-refractivity contribution in [3.8, 4) is 0 Å². The minimum atomic E-state index is -4.76. The van der Waals surface area contributed by atoms with Crippen LogP contribution in [0.1, 0.15) is 16.7 Å². The molecule has 0 aliphatic heterocycles. The van der Waals surface area contributed by atoms with Gasteiger partial charge in [0.1, 0.15) is 0 Å². The number of nitrogens with one attached hydrogen (secondary N) is 2. The monoisotopic (exact) mass is 369 g/mol. The van der Waals surface area contributed by atoms with Crippen LogP contribution in [0.4, 0.5) is 30.2 Å². The van der Waals surface area contributed by atoms with Crippen LogP contribution < -0.4 is 10.6 Å². The van der Waals surface area contributed by atoms with Crippen LogP contribution >= 0.6 is 12.2 Å². The zero-order valence-corrected chi connectivity index (χ0v) is 14.1. The number of nitro groups is 1. The Labute approximate surface area is 147 Å². The molecule has 9 heteroatoms. The van der Waals surface area contributed by atoms with Gasteiger partial charge in [-0.15, -0.1) is 0 Å². The number of thiocarbonyl (C=S) groups is 1. The number of aryl methyl sites for hydroxylation is 2. The first-order chi connectivity index (χ1) is 11.6. The number of nitrogens with zero attached hydrogens (tertiary/aromatic N) is 1. The van der Waals surface area contributed by atoms with Crippen LogP contribution in [-0.4, -0.2) is 10.0 Å². The van der Waals surface area contributed by atoms with Crippen LogP contribution in [0.2, 0.25) is 0 Å². The van der Waals surface area contributed by atoms with E-state index in [1.807, 2.05) is 26.0 Å². The van der Waals surface area contributed by atoms with Crippen molar-refractivity contribution in [2.75, 3.05) is 10.6 Å². The van der Waals surface area contributed by atoms with Crippen molar-refractivity contribution in [1.82, 2.24) is 0 Å². The van der Waals surface area contributed by atoms with Crippen molar-refractivity contribution in [2.45, 2.75) is 20.0 Å². The van der Waals surface area contributed by atoms with E-state index in [-0.39, 0.29) is 10.8 Å². The van der Waals surface area contributed by atoms with Crippen LogP contribution in [0.5, 0.6) is 0 Å². The van der Waals surface area contributed by atoms with Gasteiger partial charge < -0.3 is 10.6 Å². The van der Waals surface area contributed by atoms with E-state index < -0.39 is 22.4 Å². The van der Waals surface area contributed by atoms with Gasteiger partial charge in [0, 0.05) is 17.8 Å². The Morgan fingerprint density at radius 1 is 1.08 bits per heavy atom. The molecule has 2 rings (SSSR count). The molecule has 0 bridgehead atoms. The average Bonchev–Trinajstić information content (AvgIpc) is 2.49. The number of nitro benzene ring substituents is 1. The first-order valence-electron chi connectivity index (χ1n) is 7.09. The molecule has 0 amide bonds. The molecule has 132 valence electrons. The van der Waals surface area contributed by atoms with Gasteiger partial charge in [0.05, 0.1) is 16.2 Å². The Hall–Kier alpha value is -2.68. The number of halogens is 3. The third kappa shape index (κ3) is 4.66. The number of alkyl halides is 3. The van der Waals surface area contributed by atoms with Crippen molar-refractivity contribution < 1.29 is 18.1 Å². The zero-order chi connectivity index (χ0) is 18.8. The molecular formula is C16H14F3N3O2S. The van der Waals surface area contributed by atoms with E-state index >= 15 is 0 Å². The van der Waals surface area contributed by atoms with Gasteiger partial charge in [-0.1, -0.05) is 17.7 Å². The van der Waals surface area contributed by atoms with Gasteiger partial charge in [-0.25, -0.2) is 0 Å². The lowest BCUT2D eigenvalue weighted by Gasteiger charge is -2.16. The number of non-ortho nitro benzene ring substituents is 1. The fourth-order valence-electron chi connectivity index (χ4n) is 2.22. The van der Waals surface area contributed by atoms with Crippen molar-refractivity contribution >= 4 is 34.4 Å². The van der Waals surface area contributed by atoms with E-state index in [1.165, 1.54) is 0 Å². The maximum atomic E-state index is 13.2. The summed E-state index contributed by atoms with van der Waals surface area (Å²) < 4.78 is 39.5. The van der Waals surface area contributed by atoms with Gasteiger partial charge >= 0.3 is 6.18 Å². The normalized spacial score (nSPS) is 11.1.